The van der Waals surface area contributed by atoms with Crippen molar-refractivity contribution in [2.45, 2.75) is 12.2 Å². The molecule has 1 aromatic carbocycles. The summed E-state index contributed by atoms with van der Waals surface area (Å²) in [5.41, 5.74) is 4.69. The number of carboxylic acids is 1. The molecule has 3 nitrogen and oxygen atoms in total. The van der Waals surface area contributed by atoms with Crippen LogP contribution >= 0.6 is 12.4 Å². The first kappa shape index (κ1) is 14.7. The highest BCUT2D eigenvalue weighted by Gasteiger charge is 2.37. The third-order valence-electron chi connectivity index (χ3n) is 1.87. The van der Waals surface area contributed by atoms with E-state index in [1.807, 2.05) is 0 Å². The van der Waals surface area contributed by atoms with Crippen molar-refractivity contribution in [3.8, 4) is 0 Å². The van der Waals surface area contributed by atoms with Gasteiger partial charge in [-0.15, -0.1) is 12.4 Å². The van der Waals surface area contributed by atoms with Crippen molar-refractivity contribution in [2.75, 3.05) is 0 Å². The minimum atomic E-state index is -4.52. The second-order valence-electron chi connectivity index (χ2n) is 2.95. The number of alkyl halides is 3. The van der Waals surface area contributed by atoms with E-state index in [9.17, 15) is 18.0 Å². The molecular formula is C9H9ClF3NO2. The second-order valence-corrected chi connectivity index (χ2v) is 2.95. The minimum Gasteiger partial charge on any atom is -0.478 e. The first-order chi connectivity index (χ1) is 6.82. The van der Waals surface area contributed by atoms with E-state index in [4.69, 9.17) is 10.8 Å². The Morgan fingerprint density at radius 2 is 1.69 bits per heavy atom. The van der Waals surface area contributed by atoms with Gasteiger partial charge in [-0.1, -0.05) is 12.1 Å². The monoisotopic (exact) mass is 255 g/mol. The van der Waals surface area contributed by atoms with Crippen LogP contribution in [0.25, 0.3) is 0 Å². The van der Waals surface area contributed by atoms with Crippen LogP contribution in [0, 0.1) is 0 Å². The molecule has 0 aromatic heterocycles. The summed E-state index contributed by atoms with van der Waals surface area (Å²) in [6.07, 6.45) is -4.52. The van der Waals surface area contributed by atoms with Gasteiger partial charge in [0.1, 0.15) is 6.04 Å². The molecule has 0 saturated carbocycles. The van der Waals surface area contributed by atoms with Crippen molar-refractivity contribution in [2.24, 2.45) is 5.73 Å². The van der Waals surface area contributed by atoms with Crippen molar-refractivity contribution in [1.82, 2.24) is 0 Å². The van der Waals surface area contributed by atoms with Crippen molar-refractivity contribution >= 4 is 18.4 Å². The normalized spacial score (nSPS) is 12.8. The molecule has 0 aliphatic heterocycles. The second kappa shape index (κ2) is 5.18. The fraction of sp³-hybridized carbons (Fsp3) is 0.222. The summed E-state index contributed by atoms with van der Waals surface area (Å²) in [4.78, 5) is 10.4. The van der Waals surface area contributed by atoms with Gasteiger partial charge in [0.2, 0.25) is 0 Å². The molecule has 16 heavy (non-hydrogen) atoms. The molecule has 0 aliphatic rings. The molecule has 0 amide bonds. The van der Waals surface area contributed by atoms with Crippen LogP contribution in [0.4, 0.5) is 13.2 Å². The SMILES string of the molecule is Cl.NC(c1ccc(C(=O)O)cc1)C(F)(F)F. The fourth-order valence-electron chi connectivity index (χ4n) is 1.02. The lowest BCUT2D eigenvalue weighted by atomic mass is 10.1. The quantitative estimate of drug-likeness (QED) is 0.853. The summed E-state index contributed by atoms with van der Waals surface area (Å²) in [6.45, 7) is 0. The van der Waals surface area contributed by atoms with Gasteiger partial charge in [0, 0.05) is 0 Å². The van der Waals surface area contributed by atoms with E-state index in [1.165, 1.54) is 0 Å². The fourth-order valence-corrected chi connectivity index (χ4v) is 1.02. The smallest absolute Gasteiger partial charge is 0.407 e. The van der Waals surface area contributed by atoms with Crippen LogP contribution in [0.5, 0.6) is 0 Å². The molecule has 1 aromatic rings. The highest BCUT2D eigenvalue weighted by Crippen LogP contribution is 2.30. The van der Waals surface area contributed by atoms with Crippen LogP contribution in [0.1, 0.15) is 22.0 Å². The standard InChI is InChI=1S/C9H8F3NO2.ClH/c10-9(11,12)7(13)5-1-3-6(4-2-5)8(14)15;/h1-4,7H,13H2,(H,14,15);1H. The number of hydrogen-bond acceptors (Lipinski definition) is 2. The zero-order chi connectivity index (χ0) is 11.6. The molecule has 7 heteroatoms. The molecule has 0 spiro atoms. The van der Waals surface area contributed by atoms with Gasteiger partial charge >= 0.3 is 12.1 Å². The van der Waals surface area contributed by atoms with E-state index < -0.39 is 18.2 Å². The maximum absolute atomic E-state index is 12.2. The van der Waals surface area contributed by atoms with Gasteiger partial charge in [-0.05, 0) is 17.7 Å². The van der Waals surface area contributed by atoms with Crippen molar-refractivity contribution in [3.05, 3.63) is 35.4 Å². The number of hydrogen-bond donors (Lipinski definition) is 2. The Morgan fingerprint density at radius 1 is 1.25 bits per heavy atom. The van der Waals surface area contributed by atoms with E-state index in [-0.39, 0.29) is 23.5 Å². The van der Waals surface area contributed by atoms with E-state index in [0.717, 1.165) is 24.3 Å². The largest absolute Gasteiger partial charge is 0.478 e. The Morgan fingerprint density at radius 3 is 2.00 bits per heavy atom. The minimum absolute atomic E-state index is 0. The molecule has 0 radical (unpaired) electrons. The van der Waals surface area contributed by atoms with Gasteiger partial charge < -0.3 is 10.8 Å². The predicted molar refractivity (Wildman–Crippen MR) is 53.6 cm³/mol. The lowest BCUT2D eigenvalue weighted by Crippen LogP contribution is -2.28. The maximum Gasteiger partial charge on any atom is 0.407 e. The number of carbonyl (C=O) groups is 1. The van der Waals surface area contributed by atoms with E-state index >= 15 is 0 Å². The van der Waals surface area contributed by atoms with E-state index in [2.05, 4.69) is 0 Å². The molecule has 90 valence electrons. The summed E-state index contributed by atoms with van der Waals surface area (Å²) in [7, 11) is 0. The molecule has 0 fully saturated rings. The van der Waals surface area contributed by atoms with Gasteiger partial charge in [0.15, 0.2) is 0 Å². The summed E-state index contributed by atoms with van der Waals surface area (Å²) in [6, 6.07) is 2.20. The van der Waals surface area contributed by atoms with Crippen LogP contribution in [0.3, 0.4) is 0 Å². The summed E-state index contributed by atoms with van der Waals surface area (Å²) < 4.78 is 36.5. The molecule has 1 atom stereocenters. The summed E-state index contributed by atoms with van der Waals surface area (Å²) in [5, 5.41) is 8.52. The van der Waals surface area contributed by atoms with Gasteiger partial charge in [-0.2, -0.15) is 13.2 Å². The Hall–Kier alpha value is -1.27. The molecule has 1 unspecified atom stereocenters. The van der Waals surface area contributed by atoms with Crippen LogP contribution in [0.15, 0.2) is 24.3 Å². The molecule has 0 saturated heterocycles. The molecule has 0 aliphatic carbocycles. The lowest BCUT2D eigenvalue weighted by Gasteiger charge is -2.15. The first-order valence-corrected chi connectivity index (χ1v) is 3.98. The Kier molecular flexibility index (Phi) is 4.77. The molecule has 3 N–H and O–H groups in total. The molecule has 1 rings (SSSR count). The average molecular weight is 256 g/mol. The lowest BCUT2D eigenvalue weighted by molar-refractivity contribution is -0.149. The molecule has 0 heterocycles. The first-order valence-electron chi connectivity index (χ1n) is 3.98. The average Bonchev–Trinajstić information content (AvgIpc) is 2.15. The van der Waals surface area contributed by atoms with Crippen LogP contribution < -0.4 is 5.73 Å². The number of halogens is 4. The zero-order valence-corrected chi connectivity index (χ0v) is 8.68. The predicted octanol–water partition coefficient (Wildman–Crippen LogP) is 2.37. The number of benzene rings is 1. The summed E-state index contributed by atoms with van der Waals surface area (Å²) >= 11 is 0. The Balaban J connectivity index is 0.00000225. The van der Waals surface area contributed by atoms with Gasteiger partial charge in [0.05, 0.1) is 5.56 Å². The van der Waals surface area contributed by atoms with Crippen LogP contribution in [-0.4, -0.2) is 17.3 Å². The van der Waals surface area contributed by atoms with Crippen LogP contribution in [-0.2, 0) is 0 Å². The van der Waals surface area contributed by atoms with E-state index in [1.54, 1.807) is 0 Å². The number of carboxylic acid groups (broad SMARTS) is 1. The highest BCUT2D eigenvalue weighted by molar-refractivity contribution is 5.87. The van der Waals surface area contributed by atoms with Crippen LogP contribution in [0.2, 0.25) is 0 Å². The maximum atomic E-state index is 12.2. The van der Waals surface area contributed by atoms with Crippen molar-refractivity contribution in [1.29, 1.82) is 0 Å². The number of nitrogens with two attached hydrogens (primary N) is 1. The van der Waals surface area contributed by atoms with Gasteiger partial charge in [-0.3, -0.25) is 0 Å². The van der Waals surface area contributed by atoms with Gasteiger partial charge in [0.25, 0.3) is 0 Å². The Bertz CT molecular complexity index is 364. The number of aromatic carboxylic acids is 1. The van der Waals surface area contributed by atoms with E-state index in [0.29, 0.717) is 0 Å². The number of rotatable bonds is 2. The summed E-state index contributed by atoms with van der Waals surface area (Å²) in [5.74, 6) is -1.19. The van der Waals surface area contributed by atoms with Crippen molar-refractivity contribution < 1.29 is 23.1 Å². The Labute approximate surface area is 95.5 Å². The zero-order valence-electron chi connectivity index (χ0n) is 7.86. The highest BCUT2D eigenvalue weighted by atomic mass is 35.5. The third kappa shape index (κ3) is 3.39. The third-order valence-corrected chi connectivity index (χ3v) is 1.87. The topological polar surface area (TPSA) is 63.3 Å². The van der Waals surface area contributed by atoms with Crippen molar-refractivity contribution in [3.63, 3.8) is 0 Å². The molecular weight excluding hydrogens is 247 g/mol. The van der Waals surface area contributed by atoms with Gasteiger partial charge in [-0.25, -0.2) is 4.79 Å². The molecule has 0 bridgehead atoms.